The molecule has 0 radical (unpaired) electrons. The minimum absolute atomic E-state index is 0.0797. The van der Waals surface area contributed by atoms with Crippen molar-refractivity contribution in [2.45, 2.75) is 44.9 Å². The lowest BCUT2D eigenvalue weighted by molar-refractivity contribution is 0.0698. The molecule has 2 rings (SSSR count). The normalized spacial score (nSPS) is 22.9. The van der Waals surface area contributed by atoms with Crippen LogP contribution in [0.3, 0.4) is 0 Å². The fourth-order valence-electron chi connectivity index (χ4n) is 2.50. The summed E-state index contributed by atoms with van der Waals surface area (Å²) < 4.78 is 0. The van der Waals surface area contributed by atoms with Crippen LogP contribution in [0, 0.1) is 0 Å². The highest BCUT2D eigenvalue weighted by Gasteiger charge is 2.29. The number of rotatable bonds is 3. The van der Waals surface area contributed by atoms with E-state index in [9.17, 15) is 4.79 Å². The van der Waals surface area contributed by atoms with Crippen molar-refractivity contribution < 1.29 is 4.79 Å². The fraction of sp³-hybridized carbons (Fsp3) is 0.600. The molecule has 0 saturated carbocycles. The molecule has 1 aliphatic rings. The monoisotopic (exact) mass is 293 g/mol. The zero-order valence-corrected chi connectivity index (χ0v) is 13.2. The number of thioether (sulfide) groups is 1. The van der Waals surface area contributed by atoms with Crippen LogP contribution in [0.25, 0.3) is 0 Å². The second-order valence-corrected chi connectivity index (χ2v) is 6.82. The average Bonchev–Trinajstić information content (AvgIpc) is 2.41. The number of aromatic nitrogens is 1. The quantitative estimate of drug-likeness (QED) is 0.930. The molecule has 2 unspecified atom stereocenters. The molecule has 1 fully saturated rings. The first-order chi connectivity index (χ1) is 9.52. The predicted molar refractivity (Wildman–Crippen MR) is 85.1 cm³/mol. The van der Waals surface area contributed by atoms with Gasteiger partial charge in [0, 0.05) is 34.8 Å². The second kappa shape index (κ2) is 6.48. The fourth-order valence-corrected chi connectivity index (χ4v) is 3.60. The van der Waals surface area contributed by atoms with Gasteiger partial charge in [-0.25, -0.2) is 4.98 Å². The van der Waals surface area contributed by atoms with E-state index < -0.39 is 0 Å². The molecule has 1 aliphatic heterocycles. The van der Waals surface area contributed by atoms with E-state index in [4.69, 9.17) is 5.73 Å². The topological polar surface area (TPSA) is 59.2 Å². The molecule has 0 spiro atoms. The molecule has 0 aliphatic carbocycles. The zero-order chi connectivity index (χ0) is 14.7. The van der Waals surface area contributed by atoms with Gasteiger partial charge in [-0.1, -0.05) is 20.3 Å². The number of nitrogens with zero attached hydrogens (tertiary/aromatic N) is 2. The predicted octanol–water partition coefficient (Wildman–Crippen LogP) is 2.58. The second-order valence-electron chi connectivity index (χ2n) is 5.34. The first-order valence-corrected chi connectivity index (χ1v) is 8.26. The van der Waals surface area contributed by atoms with Gasteiger partial charge >= 0.3 is 0 Å². The lowest BCUT2D eigenvalue weighted by atomic mass is 10.1. The Morgan fingerprint density at radius 2 is 2.25 bits per heavy atom. The molecule has 20 heavy (non-hydrogen) atoms. The molecule has 0 aromatic carbocycles. The minimum atomic E-state index is 0.0797. The Morgan fingerprint density at radius 1 is 1.50 bits per heavy atom. The summed E-state index contributed by atoms with van der Waals surface area (Å²) in [6.45, 7) is 7.20. The summed E-state index contributed by atoms with van der Waals surface area (Å²) >= 11 is 1.93. The van der Waals surface area contributed by atoms with Gasteiger partial charge in [-0.05, 0) is 25.5 Å². The smallest absolute Gasteiger partial charge is 0.254 e. The molecule has 1 saturated heterocycles. The molecule has 2 heterocycles. The maximum Gasteiger partial charge on any atom is 0.254 e. The highest BCUT2D eigenvalue weighted by molar-refractivity contribution is 8.00. The van der Waals surface area contributed by atoms with Gasteiger partial charge in [0.05, 0.1) is 0 Å². The van der Waals surface area contributed by atoms with Gasteiger partial charge in [0.15, 0.2) is 0 Å². The average molecular weight is 293 g/mol. The van der Waals surface area contributed by atoms with E-state index in [-0.39, 0.29) is 11.9 Å². The third-order valence-electron chi connectivity index (χ3n) is 3.80. The van der Waals surface area contributed by atoms with E-state index >= 15 is 0 Å². The molecular weight excluding hydrogens is 270 g/mol. The molecule has 1 aromatic heterocycles. The van der Waals surface area contributed by atoms with Crippen molar-refractivity contribution in [2.75, 3.05) is 18.0 Å². The molecular formula is C15H23N3OS. The van der Waals surface area contributed by atoms with E-state index in [1.54, 1.807) is 6.07 Å². The summed E-state index contributed by atoms with van der Waals surface area (Å²) in [5, 5.41) is 0.474. The summed E-state index contributed by atoms with van der Waals surface area (Å²) in [7, 11) is 0. The first kappa shape index (κ1) is 15.2. The standard InChI is InChI=1S/C15H23N3OS/c1-4-5-13-8-12(9-14(16)17-13)15(19)18-6-7-20-11(3)10(18)2/h8-11H,4-7H2,1-3H3,(H2,16,17). The lowest BCUT2D eigenvalue weighted by Crippen LogP contribution is -2.48. The van der Waals surface area contributed by atoms with Crippen LogP contribution >= 0.6 is 11.8 Å². The van der Waals surface area contributed by atoms with Gasteiger partial charge in [-0.2, -0.15) is 11.8 Å². The molecule has 5 heteroatoms. The molecule has 4 nitrogen and oxygen atoms in total. The van der Waals surface area contributed by atoms with Crippen molar-refractivity contribution in [3.05, 3.63) is 23.4 Å². The highest BCUT2D eigenvalue weighted by Crippen LogP contribution is 2.26. The van der Waals surface area contributed by atoms with Crippen molar-refractivity contribution in [3.8, 4) is 0 Å². The Bertz CT molecular complexity index is 492. The molecule has 0 bridgehead atoms. The van der Waals surface area contributed by atoms with Crippen molar-refractivity contribution in [1.29, 1.82) is 0 Å². The van der Waals surface area contributed by atoms with Gasteiger partial charge in [-0.3, -0.25) is 4.79 Å². The number of pyridine rings is 1. The first-order valence-electron chi connectivity index (χ1n) is 7.22. The van der Waals surface area contributed by atoms with Crippen LogP contribution in [-0.2, 0) is 6.42 Å². The Hall–Kier alpha value is -1.23. The number of hydrogen-bond acceptors (Lipinski definition) is 4. The summed E-state index contributed by atoms with van der Waals surface area (Å²) in [4.78, 5) is 18.9. The van der Waals surface area contributed by atoms with Crippen LogP contribution in [0.2, 0.25) is 0 Å². The van der Waals surface area contributed by atoms with Crippen LogP contribution in [0.1, 0.15) is 43.2 Å². The number of amides is 1. The van der Waals surface area contributed by atoms with Crippen molar-refractivity contribution in [3.63, 3.8) is 0 Å². The van der Waals surface area contributed by atoms with Crippen LogP contribution < -0.4 is 5.73 Å². The lowest BCUT2D eigenvalue weighted by Gasteiger charge is -2.37. The highest BCUT2D eigenvalue weighted by atomic mass is 32.2. The van der Waals surface area contributed by atoms with E-state index in [0.717, 1.165) is 30.8 Å². The third kappa shape index (κ3) is 3.26. The number of hydrogen-bond donors (Lipinski definition) is 1. The number of aryl methyl sites for hydroxylation is 1. The number of nitrogen functional groups attached to an aromatic ring is 1. The maximum atomic E-state index is 12.7. The number of anilines is 1. The molecule has 2 N–H and O–H groups in total. The van der Waals surface area contributed by atoms with E-state index in [0.29, 0.717) is 16.6 Å². The maximum absolute atomic E-state index is 12.7. The Morgan fingerprint density at radius 3 is 2.95 bits per heavy atom. The zero-order valence-electron chi connectivity index (χ0n) is 12.4. The summed E-state index contributed by atoms with van der Waals surface area (Å²) in [5.41, 5.74) is 7.41. The molecule has 1 amide bonds. The number of carbonyl (C=O) groups is 1. The minimum Gasteiger partial charge on any atom is -0.384 e. The summed E-state index contributed by atoms with van der Waals surface area (Å²) in [5.74, 6) is 1.52. The third-order valence-corrected chi connectivity index (χ3v) is 5.13. The SMILES string of the molecule is CCCc1cc(C(=O)N2CCSC(C)C2C)cc(N)n1. The van der Waals surface area contributed by atoms with Crippen LogP contribution in [-0.4, -0.2) is 39.4 Å². The largest absolute Gasteiger partial charge is 0.384 e. The number of carbonyl (C=O) groups excluding carboxylic acids is 1. The van der Waals surface area contributed by atoms with Gasteiger partial charge < -0.3 is 10.6 Å². The van der Waals surface area contributed by atoms with Crippen LogP contribution in [0.15, 0.2) is 12.1 Å². The van der Waals surface area contributed by atoms with Gasteiger partial charge in [0.1, 0.15) is 5.82 Å². The van der Waals surface area contributed by atoms with Gasteiger partial charge in [0.2, 0.25) is 0 Å². The Labute approximate surface area is 125 Å². The summed E-state index contributed by atoms with van der Waals surface area (Å²) in [6.07, 6.45) is 1.85. The Balaban J connectivity index is 2.23. The van der Waals surface area contributed by atoms with E-state index in [1.807, 2.05) is 22.7 Å². The van der Waals surface area contributed by atoms with Gasteiger partial charge in [-0.15, -0.1) is 0 Å². The van der Waals surface area contributed by atoms with Crippen molar-refractivity contribution >= 4 is 23.5 Å². The van der Waals surface area contributed by atoms with E-state index in [1.165, 1.54) is 0 Å². The molecule has 110 valence electrons. The van der Waals surface area contributed by atoms with Crippen molar-refractivity contribution in [1.82, 2.24) is 9.88 Å². The Kier molecular flexibility index (Phi) is 4.91. The van der Waals surface area contributed by atoms with Crippen LogP contribution in [0.5, 0.6) is 0 Å². The molecule has 1 aromatic rings. The molecule has 2 atom stereocenters. The number of nitrogens with two attached hydrogens (primary N) is 1. The summed E-state index contributed by atoms with van der Waals surface area (Å²) in [6, 6.07) is 3.84. The van der Waals surface area contributed by atoms with E-state index in [2.05, 4.69) is 25.8 Å². The van der Waals surface area contributed by atoms with Gasteiger partial charge in [0.25, 0.3) is 5.91 Å². The van der Waals surface area contributed by atoms with Crippen molar-refractivity contribution in [2.24, 2.45) is 0 Å². The van der Waals surface area contributed by atoms with Crippen LogP contribution in [0.4, 0.5) is 5.82 Å².